The maximum Gasteiger partial charge on any atom is 0.485 e. The molecule has 0 bridgehead atoms. The minimum Gasteiger partial charge on any atom is -0.741 e. The number of amides is 1. The number of primary amides is 1. The van der Waals surface area contributed by atoms with Gasteiger partial charge in [-0.05, 0) is 48.5 Å². The molecular formula is C21H14F3N3O8S2. The van der Waals surface area contributed by atoms with Crippen molar-refractivity contribution in [3.05, 3.63) is 82.4 Å². The number of nitro benzene ring substituents is 1. The molecule has 194 valence electrons. The van der Waals surface area contributed by atoms with Crippen LogP contribution in [0.15, 0.2) is 76.5 Å². The molecule has 1 heterocycles. The van der Waals surface area contributed by atoms with Gasteiger partial charge in [-0.1, -0.05) is 0 Å². The van der Waals surface area contributed by atoms with E-state index in [1.54, 1.807) is 36.4 Å². The van der Waals surface area contributed by atoms with E-state index in [9.17, 15) is 36.5 Å². The van der Waals surface area contributed by atoms with Crippen molar-refractivity contribution in [2.75, 3.05) is 0 Å². The second kappa shape index (κ2) is 9.72. The molecule has 37 heavy (non-hydrogen) atoms. The number of nitrogens with one attached hydrogen (secondary N) is 1. The van der Waals surface area contributed by atoms with E-state index in [1.165, 1.54) is 18.2 Å². The Morgan fingerprint density at radius 2 is 1.46 bits per heavy atom. The topological polar surface area (TPSA) is 193 Å². The van der Waals surface area contributed by atoms with Crippen molar-refractivity contribution in [1.29, 1.82) is 0 Å². The number of alkyl halides is 3. The zero-order valence-corrected chi connectivity index (χ0v) is 19.7. The first-order valence-electron chi connectivity index (χ1n) is 9.74. The molecule has 0 aliphatic rings. The number of carbonyl (C=O) groups excluding carboxylic acids is 1. The van der Waals surface area contributed by atoms with Gasteiger partial charge in [-0.3, -0.25) is 19.9 Å². The summed E-state index contributed by atoms with van der Waals surface area (Å²) in [6.07, 6.45) is 0. The fourth-order valence-electron chi connectivity index (χ4n) is 3.34. The third kappa shape index (κ3) is 5.50. The lowest BCUT2D eigenvalue weighted by molar-refractivity contribution is -0.384. The van der Waals surface area contributed by atoms with Gasteiger partial charge in [0.15, 0.2) is 10.1 Å². The molecule has 3 aromatic carbocycles. The van der Waals surface area contributed by atoms with Gasteiger partial charge >= 0.3 is 5.51 Å². The molecule has 0 aliphatic heterocycles. The van der Waals surface area contributed by atoms with Crippen LogP contribution in [0.25, 0.3) is 21.8 Å². The summed E-state index contributed by atoms with van der Waals surface area (Å²) in [6.45, 7) is 0. The maximum absolute atomic E-state index is 13.3. The molecule has 0 atom stereocenters. The van der Waals surface area contributed by atoms with Crippen LogP contribution in [0, 0.1) is 10.1 Å². The molecule has 1 aromatic heterocycles. The van der Waals surface area contributed by atoms with E-state index in [-0.39, 0.29) is 26.4 Å². The Morgan fingerprint density at radius 3 is 1.97 bits per heavy atom. The Hall–Kier alpha value is -4.15. The SMILES string of the molecule is NC(=O)[c+]1c2ccccc2[nH]c2cccc(S(=O)(=O)c3ccc([N+](=O)[O-])cc3)c21.O=S(=O)([O-])C(F)(F)F. The highest BCUT2D eigenvalue weighted by Gasteiger charge is 2.37. The Morgan fingerprint density at radius 1 is 0.919 bits per heavy atom. The number of aromatic nitrogens is 1. The second-order valence-electron chi connectivity index (χ2n) is 7.24. The van der Waals surface area contributed by atoms with Gasteiger partial charge in [0.05, 0.1) is 9.82 Å². The number of nitrogens with two attached hydrogens (primary N) is 1. The number of rotatable bonds is 4. The van der Waals surface area contributed by atoms with E-state index >= 15 is 0 Å². The monoisotopic (exact) mass is 557 g/mol. The molecule has 0 unspecified atom stereocenters. The van der Waals surface area contributed by atoms with Gasteiger partial charge < -0.3 is 10.3 Å². The molecule has 11 nitrogen and oxygen atoms in total. The number of halogens is 3. The summed E-state index contributed by atoms with van der Waals surface area (Å²) >= 11 is 0. The van der Waals surface area contributed by atoms with Crippen molar-refractivity contribution >= 4 is 53.4 Å². The number of aromatic amines is 1. The number of benzene rings is 3. The number of nitro groups is 1. The van der Waals surface area contributed by atoms with Gasteiger partial charge in [0.2, 0.25) is 9.84 Å². The second-order valence-corrected chi connectivity index (χ2v) is 10.5. The first kappa shape index (κ1) is 27.4. The summed E-state index contributed by atoms with van der Waals surface area (Å²) in [5.74, 6) is -0.758. The predicted octanol–water partition coefficient (Wildman–Crippen LogP) is 3.49. The van der Waals surface area contributed by atoms with Gasteiger partial charge in [-0.15, -0.1) is 0 Å². The normalized spacial score (nSPS) is 12.1. The number of sulfone groups is 1. The van der Waals surface area contributed by atoms with Gasteiger partial charge in [-0.2, -0.15) is 13.2 Å². The van der Waals surface area contributed by atoms with Crippen LogP contribution in [0.4, 0.5) is 18.9 Å². The first-order chi connectivity index (χ1) is 17.1. The third-order valence-corrected chi connectivity index (χ3v) is 7.30. The molecule has 16 heteroatoms. The lowest BCUT2D eigenvalue weighted by Gasteiger charge is -2.08. The van der Waals surface area contributed by atoms with Crippen molar-refractivity contribution in [2.24, 2.45) is 5.73 Å². The molecule has 3 N–H and O–H groups in total. The van der Waals surface area contributed by atoms with Crippen LogP contribution in [0.5, 0.6) is 0 Å². The van der Waals surface area contributed by atoms with Crippen LogP contribution in [0.2, 0.25) is 0 Å². The van der Waals surface area contributed by atoms with Gasteiger partial charge in [0, 0.05) is 18.2 Å². The number of hydrogen-bond acceptors (Lipinski definition) is 8. The highest BCUT2D eigenvalue weighted by Crippen LogP contribution is 2.34. The average molecular weight is 557 g/mol. The van der Waals surface area contributed by atoms with Crippen molar-refractivity contribution in [3.63, 3.8) is 0 Å². The quantitative estimate of drug-likeness (QED) is 0.0950. The molecule has 0 saturated heterocycles. The summed E-state index contributed by atoms with van der Waals surface area (Å²) in [5, 5.41) is 11.5. The van der Waals surface area contributed by atoms with Gasteiger partial charge in [-0.25, -0.2) is 16.8 Å². The zero-order chi connectivity index (χ0) is 27.8. The Bertz CT molecular complexity index is 1760. The van der Waals surface area contributed by atoms with Crippen LogP contribution in [-0.4, -0.2) is 42.7 Å². The number of carbonyl (C=O) groups is 1. The summed E-state index contributed by atoms with van der Waals surface area (Å²) in [4.78, 5) is 25.4. The van der Waals surface area contributed by atoms with E-state index in [4.69, 9.17) is 18.7 Å². The van der Waals surface area contributed by atoms with E-state index in [0.717, 1.165) is 12.1 Å². The minimum atomic E-state index is -6.09. The number of para-hydroxylation sites is 1. The standard InChI is InChI=1S/C20H13N3O5S.CHF3O3S/c21-20(24)18-14-4-1-2-5-15(14)22-16-6-3-7-17(19(16)18)29(27,28)13-10-8-12(9-11-13)23(25)26;2-1(3,4)8(5,6)7/h1-11,22H,(H-,21,24);(H,5,6,7). The molecule has 0 spiro atoms. The smallest absolute Gasteiger partial charge is 0.485 e. The lowest BCUT2D eigenvalue weighted by atomic mass is 10.0. The molecule has 0 saturated carbocycles. The van der Waals surface area contributed by atoms with E-state index in [1.807, 2.05) is 0 Å². The number of H-pyrrole nitrogens is 1. The first-order valence-corrected chi connectivity index (χ1v) is 12.6. The van der Waals surface area contributed by atoms with E-state index < -0.39 is 36.3 Å². The summed E-state index contributed by atoms with van der Waals surface area (Å²) in [5.41, 5.74) is 0.920. The molecule has 0 radical (unpaired) electrons. The number of pyridine rings is 1. The van der Waals surface area contributed by atoms with E-state index in [0.29, 0.717) is 16.4 Å². The van der Waals surface area contributed by atoms with Crippen molar-refractivity contribution in [3.8, 4) is 0 Å². The van der Waals surface area contributed by atoms with Gasteiger partial charge in [0.25, 0.3) is 11.6 Å². The fourth-order valence-corrected chi connectivity index (χ4v) is 4.82. The third-order valence-electron chi connectivity index (χ3n) is 4.92. The summed E-state index contributed by atoms with van der Waals surface area (Å²) in [7, 11) is -10.2. The number of nitrogens with zero attached hydrogens (tertiary/aromatic N) is 1. The molecule has 1 amide bonds. The minimum absolute atomic E-state index is 0.0930. The summed E-state index contributed by atoms with van der Waals surface area (Å²) < 4.78 is 85.5. The highest BCUT2D eigenvalue weighted by atomic mass is 32.2. The van der Waals surface area contributed by atoms with Crippen LogP contribution in [0.3, 0.4) is 0 Å². The molecule has 0 fully saturated rings. The van der Waals surface area contributed by atoms with Crippen molar-refractivity contribution in [1.82, 2.24) is 4.98 Å². The van der Waals surface area contributed by atoms with Gasteiger partial charge in [0.1, 0.15) is 32.3 Å². The Balaban J connectivity index is 0.000000414. The fraction of sp³-hybridized carbons (Fsp3) is 0.0476. The lowest BCUT2D eigenvalue weighted by Crippen LogP contribution is -2.21. The maximum atomic E-state index is 13.3. The largest absolute Gasteiger partial charge is 0.741 e. The zero-order valence-electron chi connectivity index (χ0n) is 18.1. The highest BCUT2D eigenvalue weighted by molar-refractivity contribution is 7.91. The molecular weight excluding hydrogens is 543 g/mol. The summed E-state index contributed by atoms with van der Waals surface area (Å²) in [6, 6.07) is 16.1. The van der Waals surface area contributed by atoms with Crippen LogP contribution in [0.1, 0.15) is 10.4 Å². The van der Waals surface area contributed by atoms with Crippen molar-refractivity contribution in [2.45, 2.75) is 15.3 Å². The van der Waals surface area contributed by atoms with Crippen LogP contribution < -0.4 is 5.73 Å². The average Bonchev–Trinajstić information content (AvgIpc) is 2.81. The predicted molar refractivity (Wildman–Crippen MR) is 123 cm³/mol. The molecule has 4 aromatic rings. The molecule has 4 rings (SSSR count). The van der Waals surface area contributed by atoms with Crippen LogP contribution in [-0.2, 0) is 20.0 Å². The van der Waals surface area contributed by atoms with Crippen molar-refractivity contribution < 1.29 is 44.3 Å². The molecule has 0 aliphatic carbocycles. The number of non-ortho nitro benzene ring substituents is 1. The Kier molecular flexibility index (Phi) is 7.21. The van der Waals surface area contributed by atoms with E-state index in [2.05, 4.69) is 4.98 Å². The number of hydrogen-bond donors (Lipinski definition) is 2. The number of fused-ring (bicyclic) bond motifs is 2. The van der Waals surface area contributed by atoms with Crippen LogP contribution >= 0.6 is 0 Å². The Labute approximate surface area is 206 Å².